The van der Waals surface area contributed by atoms with Gasteiger partial charge in [-0.25, -0.2) is 0 Å². The fourth-order valence-electron chi connectivity index (χ4n) is 0.211. The summed E-state index contributed by atoms with van der Waals surface area (Å²) in [6, 6.07) is 2.47. The van der Waals surface area contributed by atoms with E-state index in [0.717, 1.165) is 5.69 Å². The molecule has 0 saturated heterocycles. The summed E-state index contributed by atoms with van der Waals surface area (Å²) in [6.45, 7) is 1.92. The molecule has 1 aromatic rings. The summed E-state index contributed by atoms with van der Waals surface area (Å²) in [6.07, 6.45) is 0. The molecule has 0 unspecified atom stereocenters. The Morgan fingerprint density at radius 3 is 2.20 bits per heavy atom. The second-order valence-electron chi connectivity index (χ2n) is 1.27. The van der Waals surface area contributed by atoms with E-state index in [-0.39, 0.29) is 0 Å². The highest BCUT2D eigenvalue weighted by Gasteiger charge is 1.78. The van der Waals surface area contributed by atoms with E-state index in [1.54, 1.807) is 0 Å². The standard InChI is InChI=1S/C3H4N2S.C2N2/c1-3-2-6-5-4-3;3-1-2-4/h2H,1H3;. The molecule has 0 spiro atoms. The number of hydrogen-bond acceptors (Lipinski definition) is 5. The summed E-state index contributed by atoms with van der Waals surface area (Å²) >= 11 is 1.38. The highest BCUT2D eigenvalue weighted by molar-refractivity contribution is 7.03. The second-order valence-corrected chi connectivity index (χ2v) is 1.88. The molecule has 1 heterocycles. The van der Waals surface area contributed by atoms with Crippen molar-refractivity contribution in [2.24, 2.45) is 0 Å². The molecule has 10 heavy (non-hydrogen) atoms. The monoisotopic (exact) mass is 152 g/mol. The Kier molecular flexibility index (Phi) is 4.84. The van der Waals surface area contributed by atoms with Gasteiger partial charge in [0.1, 0.15) is 0 Å². The highest BCUT2D eigenvalue weighted by Crippen LogP contribution is 1.90. The van der Waals surface area contributed by atoms with Crippen LogP contribution in [0, 0.1) is 29.6 Å². The number of nitriles is 2. The van der Waals surface area contributed by atoms with Crippen LogP contribution in [-0.4, -0.2) is 9.59 Å². The lowest BCUT2D eigenvalue weighted by Gasteiger charge is -1.61. The zero-order valence-electron chi connectivity index (χ0n) is 5.27. The average Bonchev–Trinajstić information content (AvgIpc) is 2.40. The Balaban J connectivity index is 0.000000180. The Morgan fingerprint density at radius 2 is 2.10 bits per heavy atom. The summed E-state index contributed by atoms with van der Waals surface area (Å²) < 4.78 is 3.61. The first-order valence-electron chi connectivity index (χ1n) is 2.33. The third-order valence-electron chi connectivity index (χ3n) is 0.519. The maximum Gasteiger partial charge on any atom is 0.181 e. The van der Waals surface area contributed by atoms with Gasteiger partial charge in [0.25, 0.3) is 0 Å². The van der Waals surface area contributed by atoms with Gasteiger partial charge in [0.05, 0.1) is 5.69 Å². The molecule has 1 aromatic heterocycles. The fraction of sp³-hybridized carbons (Fsp3) is 0.200. The van der Waals surface area contributed by atoms with E-state index < -0.39 is 0 Å². The van der Waals surface area contributed by atoms with Crippen LogP contribution in [0.3, 0.4) is 0 Å². The van der Waals surface area contributed by atoms with Crippen LogP contribution in [0.4, 0.5) is 0 Å². The minimum atomic E-state index is 1.00. The van der Waals surface area contributed by atoms with Crippen molar-refractivity contribution in [3.8, 4) is 12.1 Å². The SMILES string of the molecule is Cc1csnn1.N#CC#N. The molecule has 0 aliphatic rings. The summed E-state index contributed by atoms with van der Waals surface area (Å²) in [7, 11) is 0. The third kappa shape index (κ3) is 4.69. The Morgan fingerprint density at radius 1 is 1.50 bits per heavy atom. The van der Waals surface area contributed by atoms with Gasteiger partial charge in [0.15, 0.2) is 12.1 Å². The molecule has 5 heteroatoms. The van der Waals surface area contributed by atoms with E-state index in [2.05, 4.69) is 9.59 Å². The van der Waals surface area contributed by atoms with Gasteiger partial charge in [0.2, 0.25) is 0 Å². The first kappa shape index (κ1) is 8.54. The second kappa shape index (κ2) is 5.67. The molecule has 0 saturated carbocycles. The number of hydrogen-bond donors (Lipinski definition) is 0. The minimum Gasteiger partial charge on any atom is -0.181 e. The van der Waals surface area contributed by atoms with Crippen molar-refractivity contribution < 1.29 is 0 Å². The topological polar surface area (TPSA) is 73.4 Å². The molecule has 0 N–H and O–H groups in total. The fourth-order valence-corrected chi connectivity index (χ4v) is 0.634. The van der Waals surface area contributed by atoms with Crippen LogP contribution in [-0.2, 0) is 0 Å². The maximum atomic E-state index is 7.26. The molecular formula is C5H4N4S. The summed E-state index contributed by atoms with van der Waals surface area (Å²) in [5.74, 6) is 0. The number of aromatic nitrogens is 2. The van der Waals surface area contributed by atoms with Crippen molar-refractivity contribution in [3.05, 3.63) is 11.1 Å². The van der Waals surface area contributed by atoms with Crippen LogP contribution in [0.25, 0.3) is 0 Å². The third-order valence-corrected chi connectivity index (χ3v) is 1.14. The van der Waals surface area contributed by atoms with Gasteiger partial charge in [-0.2, -0.15) is 10.5 Å². The summed E-state index contributed by atoms with van der Waals surface area (Å²) in [4.78, 5) is 0. The van der Waals surface area contributed by atoms with Crippen molar-refractivity contribution in [2.45, 2.75) is 6.92 Å². The minimum absolute atomic E-state index is 1.00. The van der Waals surface area contributed by atoms with E-state index >= 15 is 0 Å². The number of rotatable bonds is 0. The first-order valence-corrected chi connectivity index (χ1v) is 3.16. The lowest BCUT2D eigenvalue weighted by Crippen LogP contribution is -1.64. The highest BCUT2D eigenvalue weighted by atomic mass is 32.1. The Labute approximate surface area is 62.5 Å². The normalized spacial score (nSPS) is 6.30. The average molecular weight is 152 g/mol. The van der Waals surface area contributed by atoms with Crippen LogP contribution in [0.15, 0.2) is 5.38 Å². The Bertz CT molecular complexity index is 228. The quantitative estimate of drug-likeness (QED) is 0.553. The van der Waals surface area contributed by atoms with Gasteiger partial charge >= 0.3 is 0 Å². The van der Waals surface area contributed by atoms with Crippen molar-refractivity contribution >= 4 is 11.5 Å². The zero-order chi connectivity index (χ0) is 7.82. The number of nitrogens with zero attached hydrogens (tertiary/aromatic N) is 4. The molecule has 0 aliphatic carbocycles. The van der Waals surface area contributed by atoms with Crippen LogP contribution in [0.5, 0.6) is 0 Å². The van der Waals surface area contributed by atoms with E-state index in [0.29, 0.717) is 0 Å². The molecule has 0 amide bonds. The van der Waals surface area contributed by atoms with E-state index in [1.807, 2.05) is 12.3 Å². The van der Waals surface area contributed by atoms with Gasteiger partial charge in [-0.15, -0.1) is 5.10 Å². The number of aryl methyl sites for hydroxylation is 1. The predicted molar refractivity (Wildman–Crippen MR) is 35.9 cm³/mol. The smallest absolute Gasteiger partial charge is 0.181 e. The molecule has 0 radical (unpaired) electrons. The first-order chi connectivity index (χ1) is 4.81. The van der Waals surface area contributed by atoms with Crippen LogP contribution in [0.2, 0.25) is 0 Å². The molecule has 4 nitrogen and oxygen atoms in total. The molecule has 50 valence electrons. The molecule has 1 rings (SSSR count). The largest absolute Gasteiger partial charge is 0.181 e. The van der Waals surface area contributed by atoms with E-state index in [9.17, 15) is 0 Å². The molecule has 0 aromatic carbocycles. The lowest BCUT2D eigenvalue weighted by atomic mass is 10.6. The summed E-state index contributed by atoms with van der Waals surface area (Å²) in [5, 5.41) is 20.1. The summed E-state index contributed by atoms with van der Waals surface area (Å²) in [5.41, 5.74) is 1.00. The van der Waals surface area contributed by atoms with Gasteiger partial charge in [-0.05, 0) is 18.5 Å². The van der Waals surface area contributed by atoms with Crippen LogP contribution in [0.1, 0.15) is 5.69 Å². The molecular weight excluding hydrogens is 148 g/mol. The molecule has 0 atom stereocenters. The maximum absolute atomic E-state index is 7.26. The van der Waals surface area contributed by atoms with Crippen LogP contribution >= 0.6 is 11.5 Å². The van der Waals surface area contributed by atoms with Crippen molar-refractivity contribution in [1.82, 2.24) is 9.59 Å². The van der Waals surface area contributed by atoms with Crippen molar-refractivity contribution in [3.63, 3.8) is 0 Å². The van der Waals surface area contributed by atoms with Gasteiger partial charge in [-0.3, -0.25) is 0 Å². The van der Waals surface area contributed by atoms with Gasteiger partial charge < -0.3 is 0 Å². The lowest BCUT2D eigenvalue weighted by molar-refractivity contribution is 1.09. The van der Waals surface area contributed by atoms with Gasteiger partial charge in [0, 0.05) is 5.38 Å². The predicted octanol–water partition coefficient (Wildman–Crippen LogP) is 0.880. The molecule has 0 fully saturated rings. The molecule has 0 aliphatic heterocycles. The van der Waals surface area contributed by atoms with Crippen molar-refractivity contribution in [1.29, 1.82) is 10.5 Å². The van der Waals surface area contributed by atoms with E-state index in [1.165, 1.54) is 23.7 Å². The van der Waals surface area contributed by atoms with E-state index in [4.69, 9.17) is 10.5 Å². The zero-order valence-corrected chi connectivity index (χ0v) is 6.09. The Hall–Kier alpha value is -1.46. The van der Waals surface area contributed by atoms with Crippen molar-refractivity contribution in [2.75, 3.05) is 0 Å². The van der Waals surface area contributed by atoms with Crippen LogP contribution < -0.4 is 0 Å². The van der Waals surface area contributed by atoms with Gasteiger partial charge in [-0.1, -0.05) is 4.49 Å². The molecule has 0 bridgehead atoms.